The number of benzene rings is 2. The fourth-order valence-corrected chi connectivity index (χ4v) is 2.32. The minimum absolute atomic E-state index is 0.707. The highest BCUT2D eigenvalue weighted by atomic mass is 16.5. The van der Waals surface area contributed by atoms with Crippen LogP contribution in [0.1, 0.15) is 17.5 Å². The maximum atomic E-state index is 5.78. The van der Waals surface area contributed by atoms with Crippen LogP contribution in [0, 0.1) is 6.92 Å². The van der Waals surface area contributed by atoms with Crippen molar-refractivity contribution < 1.29 is 4.74 Å². The van der Waals surface area contributed by atoms with Crippen molar-refractivity contribution in [3.63, 3.8) is 0 Å². The van der Waals surface area contributed by atoms with Gasteiger partial charge in [-0.3, -0.25) is 0 Å². The molecule has 0 radical (unpaired) electrons. The predicted molar refractivity (Wildman–Crippen MR) is 84.1 cm³/mol. The van der Waals surface area contributed by atoms with Gasteiger partial charge in [-0.1, -0.05) is 24.3 Å². The van der Waals surface area contributed by atoms with Crippen molar-refractivity contribution in [3.8, 4) is 11.4 Å². The number of aromatic nitrogens is 4. The van der Waals surface area contributed by atoms with Gasteiger partial charge in [-0.05, 0) is 65.6 Å². The number of hydrogen-bond donors (Lipinski definition) is 0. The van der Waals surface area contributed by atoms with E-state index in [9.17, 15) is 0 Å². The summed E-state index contributed by atoms with van der Waals surface area (Å²) in [7, 11) is 0. The summed E-state index contributed by atoms with van der Waals surface area (Å²) in [5.74, 6) is 0.863. The lowest BCUT2D eigenvalue weighted by Gasteiger charge is -2.08. The largest absolute Gasteiger partial charge is 0.494 e. The van der Waals surface area contributed by atoms with E-state index in [-0.39, 0.29) is 0 Å². The highest BCUT2D eigenvalue weighted by molar-refractivity contribution is 5.36. The molecule has 0 N–H and O–H groups in total. The van der Waals surface area contributed by atoms with Crippen LogP contribution in [-0.2, 0) is 6.42 Å². The molecule has 0 amide bonds. The van der Waals surface area contributed by atoms with Gasteiger partial charge in [0.1, 0.15) is 12.1 Å². The molecule has 1 aromatic heterocycles. The molecule has 2 aromatic carbocycles. The molecule has 0 aliphatic carbocycles. The molecule has 22 heavy (non-hydrogen) atoms. The van der Waals surface area contributed by atoms with Gasteiger partial charge >= 0.3 is 0 Å². The van der Waals surface area contributed by atoms with Crippen LogP contribution in [0.25, 0.3) is 5.69 Å². The number of rotatable bonds is 6. The molecule has 0 saturated heterocycles. The maximum Gasteiger partial charge on any atom is 0.143 e. The van der Waals surface area contributed by atoms with Crippen LogP contribution in [0.5, 0.6) is 5.75 Å². The second-order valence-electron chi connectivity index (χ2n) is 5.13. The van der Waals surface area contributed by atoms with Gasteiger partial charge in [0, 0.05) is 0 Å². The van der Waals surface area contributed by atoms with E-state index in [0.717, 1.165) is 24.3 Å². The van der Waals surface area contributed by atoms with Gasteiger partial charge in [-0.2, -0.15) is 0 Å². The van der Waals surface area contributed by atoms with Gasteiger partial charge in [-0.25, -0.2) is 4.68 Å². The Bertz CT molecular complexity index is 708. The summed E-state index contributed by atoms with van der Waals surface area (Å²) in [6.07, 6.45) is 3.60. The number of hydrogen-bond acceptors (Lipinski definition) is 4. The maximum absolute atomic E-state index is 5.78. The fourth-order valence-electron chi connectivity index (χ4n) is 2.32. The van der Waals surface area contributed by atoms with E-state index in [0.29, 0.717) is 6.61 Å². The first kappa shape index (κ1) is 14.3. The number of ether oxygens (including phenoxy) is 1. The first-order chi connectivity index (χ1) is 10.8. The van der Waals surface area contributed by atoms with E-state index < -0.39 is 0 Å². The Labute approximate surface area is 129 Å². The minimum atomic E-state index is 0.707. The average Bonchev–Trinajstić information content (AvgIpc) is 3.08. The molecule has 5 heteroatoms. The molecule has 0 fully saturated rings. The summed E-state index contributed by atoms with van der Waals surface area (Å²) in [6.45, 7) is 2.85. The topological polar surface area (TPSA) is 52.8 Å². The zero-order chi connectivity index (χ0) is 15.2. The molecule has 1 heterocycles. The minimum Gasteiger partial charge on any atom is -0.494 e. The smallest absolute Gasteiger partial charge is 0.143 e. The number of aryl methyl sites for hydroxylation is 2. The molecular formula is C17H18N4O. The molecule has 0 saturated carbocycles. The Morgan fingerprint density at radius 3 is 2.59 bits per heavy atom. The van der Waals surface area contributed by atoms with Crippen LogP contribution >= 0.6 is 0 Å². The molecule has 0 bridgehead atoms. The summed E-state index contributed by atoms with van der Waals surface area (Å²) >= 11 is 0. The fraction of sp³-hybridized carbons (Fsp3) is 0.235. The number of nitrogens with zero attached hydrogens (tertiary/aromatic N) is 4. The summed E-state index contributed by atoms with van der Waals surface area (Å²) in [5, 5.41) is 11.1. The van der Waals surface area contributed by atoms with Gasteiger partial charge in [0.05, 0.1) is 12.3 Å². The Hall–Kier alpha value is -2.69. The molecule has 5 nitrogen and oxygen atoms in total. The Morgan fingerprint density at radius 1 is 1.05 bits per heavy atom. The molecular weight excluding hydrogens is 276 g/mol. The van der Waals surface area contributed by atoms with Crippen molar-refractivity contribution in [3.05, 3.63) is 66.0 Å². The molecule has 0 spiro atoms. The first-order valence-corrected chi connectivity index (χ1v) is 7.34. The summed E-state index contributed by atoms with van der Waals surface area (Å²) in [6, 6.07) is 16.2. The van der Waals surface area contributed by atoms with Gasteiger partial charge in [0.25, 0.3) is 0 Å². The summed E-state index contributed by atoms with van der Waals surface area (Å²) < 4.78 is 7.39. The molecule has 0 unspecified atom stereocenters. The number of tetrazole rings is 1. The second kappa shape index (κ2) is 6.85. The van der Waals surface area contributed by atoms with Crippen LogP contribution in [0.4, 0.5) is 0 Å². The monoisotopic (exact) mass is 294 g/mol. The van der Waals surface area contributed by atoms with Crippen LogP contribution in [0.2, 0.25) is 0 Å². The average molecular weight is 294 g/mol. The second-order valence-corrected chi connectivity index (χ2v) is 5.13. The van der Waals surface area contributed by atoms with E-state index in [1.807, 2.05) is 24.3 Å². The Morgan fingerprint density at radius 2 is 1.86 bits per heavy atom. The molecule has 0 atom stereocenters. The van der Waals surface area contributed by atoms with Crippen molar-refractivity contribution >= 4 is 0 Å². The zero-order valence-electron chi connectivity index (χ0n) is 12.5. The third-order valence-electron chi connectivity index (χ3n) is 3.57. The van der Waals surface area contributed by atoms with Crippen molar-refractivity contribution in [2.45, 2.75) is 19.8 Å². The first-order valence-electron chi connectivity index (χ1n) is 7.34. The lowest BCUT2D eigenvalue weighted by Crippen LogP contribution is -2.01. The highest BCUT2D eigenvalue weighted by Gasteiger charge is 2.00. The van der Waals surface area contributed by atoms with Crippen LogP contribution < -0.4 is 4.74 Å². The third-order valence-corrected chi connectivity index (χ3v) is 3.57. The lowest BCUT2D eigenvalue weighted by atomic mass is 10.0. The highest BCUT2D eigenvalue weighted by Crippen LogP contribution is 2.15. The Balaban J connectivity index is 1.49. The van der Waals surface area contributed by atoms with Gasteiger partial charge < -0.3 is 4.74 Å². The van der Waals surface area contributed by atoms with E-state index >= 15 is 0 Å². The van der Waals surface area contributed by atoms with Crippen molar-refractivity contribution in [1.29, 1.82) is 0 Å². The van der Waals surface area contributed by atoms with E-state index in [1.165, 1.54) is 11.1 Å². The third kappa shape index (κ3) is 3.49. The van der Waals surface area contributed by atoms with Crippen LogP contribution in [0.15, 0.2) is 54.9 Å². The van der Waals surface area contributed by atoms with Crippen LogP contribution in [0.3, 0.4) is 0 Å². The predicted octanol–water partition coefficient (Wildman–Crippen LogP) is 2.98. The van der Waals surface area contributed by atoms with Gasteiger partial charge in [-0.15, -0.1) is 5.10 Å². The van der Waals surface area contributed by atoms with Crippen molar-refractivity contribution in [2.24, 2.45) is 0 Å². The molecule has 112 valence electrons. The van der Waals surface area contributed by atoms with Gasteiger partial charge in [0.15, 0.2) is 0 Å². The summed E-state index contributed by atoms with van der Waals surface area (Å²) in [4.78, 5) is 0. The SMILES string of the molecule is Cc1ccccc1CCCOc1ccc(-n2cnnn2)cc1. The molecule has 0 aliphatic rings. The van der Waals surface area contributed by atoms with Gasteiger partial charge in [0.2, 0.25) is 0 Å². The Kier molecular flexibility index (Phi) is 4.44. The standard InChI is InChI=1S/C17H18N4O/c1-14-5-2-3-6-15(14)7-4-12-22-17-10-8-16(9-11-17)21-13-18-19-20-21/h2-3,5-6,8-11,13H,4,7,12H2,1H3. The van der Waals surface area contributed by atoms with E-state index in [4.69, 9.17) is 4.74 Å². The van der Waals surface area contributed by atoms with Crippen molar-refractivity contribution in [2.75, 3.05) is 6.61 Å². The van der Waals surface area contributed by atoms with E-state index in [2.05, 4.69) is 46.7 Å². The zero-order valence-corrected chi connectivity index (χ0v) is 12.5. The van der Waals surface area contributed by atoms with Crippen molar-refractivity contribution in [1.82, 2.24) is 20.2 Å². The quantitative estimate of drug-likeness (QED) is 0.656. The molecule has 3 rings (SSSR count). The van der Waals surface area contributed by atoms with Crippen LogP contribution in [-0.4, -0.2) is 26.8 Å². The lowest BCUT2D eigenvalue weighted by molar-refractivity contribution is 0.311. The van der Waals surface area contributed by atoms with E-state index in [1.54, 1.807) is 11.0 Å². The normalized spacial score (nSPS) is 10.6. The summed E-state index contributed by atoms with van der Waals surface area (Å²) in [5.41, 5.74) is 3.64. The molecule has 0 aliphatic heterocycles. The molecule has 3 aromatic rings.